The van der Waals surface area contributed by atoms with Gasteiger partial charge in [-0.05, 0) is 18.8 Å². The third-order valence-electron chi connectivity index (χ3n) is 4.41. The van der Waals surface area contributed by atoms with Gasteiger partial charge in [-0.2, -0.15) is 5.10 Å². The van der Waals surface area contributed by atoms with E-state index < -0.39 is 9.84 Å². The fourth-order valence-corrected chi connectivity index (χ4v) is 3.97. The number of hydrogen-bond acceptors (Lipinski definition) is 6. The van der Waals surface area contributed by atoms with E-state index in [4.69, 9.17) is 4.74 Å². The van der Waals surface area contributed by atoms with Gasteiger partial charge >= 0.3 is 0 Å². The van der Waals surface area contributed by atoms with Gasteiger partial charge in [0.15, 0.2) is 0 Å². The quantitative estimate of drug-likeness (QED) is 0.739. The molecule has 2 aliphatic rings. The predicted molar refractivity (Wildman–Crippen MR) is 89.3 cm³/mol. The normalized spacial score (nSPS) is 21.3. The minimum Gasteiger partial charge on any atom is -0.379 e. The summed E-state index contributed by atoms with van der Waals surface area (Å²) in [5.41, 5.74) is 0.910. The van der Waals surface area contributed by atoms with Crippen LogP contribution in [0.4, 0.5) is 5.69 Å². The molecular formula is C15H26N4O3S. The van der Waals surface area contributed by atoms with E-state index in [2.05, 4.69) is 15.3 Å². The Bertz CT molecular complexity index is 606. The minimum atomic E-state index is -2.97. The molecular weight excluding hydrogens is 316 g/mol. The van der Waals surface area contributed by atoms with Gasteiger partial charge in [0, 0.05) is 38.1 Å². The van der Waals surface area contributed by atoms with E-state index in [0.717, 1.165) is 57.9 Å². The number of sulfone groups is 1. The largest absolute Gasteiger partial charge is 0.379 e. The number of hydrogen-bond donors (Lipinski definition) is 1. The van der Waals surface area contributed by atoms with Gasteiger partial charge < -0.3 is 10.1 Å². The molecule has 1 saturated carbocycles. The Kier molecular flexibility index (Phi) is 5.23. The van der Waals surface area contributed by atoms with Crippen molar-refractivity contribution < 1.29 is 13.2 Å². The van der Waals surface area contributed by atoms with Gasteiger partial charge in [0.05, 0.1) is 37.4 Å². The van der Waals surface area contributed by atoms with Crippen molar-refractivity contribution in [3.05, 3.63) is 12.4 Å². The van der Waals surface area contributed by atoms with Crippen molar-refractivity contribution >= 4 is 15.5 Å². The minimum absolute atomic E-state index is 0.00175. The molecule has 0 radical (unpaired) electrons. The summed E-state index contributed by atoms with van der Waals surface area (Å²) < 4.78 is 30.4. The Morgan fingerprint density at radius 3 is 2.74 bits per heavy atom. The number of nitrogens with zero attached hydrogens (tertiary/aromatic N) is 3. The highest BCUT2D eigenvalue weighted by Gasteiger charge is 2.33. The zero-order chi connectivity index (χ0) is 16.3. The zero-order valence-electron chi connectivity index (χ0n) is 13.6. The third-order valence-corrected chi connectivity index (χ3v) is 5.37. The topological polar surface area (TPSA) is 76.5 Å². The lowest BCUT2D eigenvalue weighted by Gasteiger charge is -2.26. The van der Waals surface area contributed by atoms with Crippen molar-refractivity contribution in [1.29, 1.82) is 0 Å². The van der Waals surface area contributed by atoms with Crippen LogP contribution in [0.2, 0.25) is 0 Å². The van der Waals surface area contributed by atoms with Crippen LogP contribution in [-0.2, 0) is 21.1 Å². The Balaban J connectivity index is 1.51. The summed E-state index contributed by atoms with van der Waals surface area (Å²) in [6.45, 7) is 5.36. The first kappa shape index (κ1) is 16.7. The van der Waals surface area contributed by atoms with Gasteiger partial charge in [-0.15, -0.1) is 0 Å². The highest BCUT2D eigenvalue weighted by molar-refractivity contribution is 7.90. The van der Waals surface area contributed by atoms with E-state index in [1.165, 1.54) is 6.26 Å². The number of aromatic nitrogens is 2. The van der Waals surface area contributed by atoms with Crippen LogP contribution >= 0.6 is 0 Å². The van der Waals surface area contributed by atoms with Crippen molar-refractivity contribution in [2.45, 2.75) is 25.4 Å². The first-order valence-electron chi connectivity index (χ1n) is 8.26. The number of rotatable bonds is 8. The zero-order valence-corrected chi connectivity index (χ0v) is 14.5. The molecule has 0 amide bonds. The Hall–Kier alpha value is -1.12. The molecule has 8 heteroatoms. The maximum atomic E-state index is 11.6. The molecule has 0 bridgehead atoms. The summed E-state index contributed by atoms with van der Waals surface area (Å²) in [4.78, 5) is 2.37. The monoisotopic (exact) mass is 342 g/mol. The average Bonchev–Trinajstić information content (AvgIpc) is 3.26. The van der Waals surface area contributed by atoms with Gasteiger partial charge in [0.2, 0.25) is 0 Å². The van der Waals surface area contributed by atoms with Crippen LogP contribution in [0, 0.1) is 5.92 Å². The molecule has 2 fully saturated rings. The van der Waals surface area contributed by atoms with Gasteiger partial charge in [0.25, 0.3) is 0 Å². The summed E-state index contributed by atoms with van der Waals surface area (Å²) >= 11 is 0. The second-order valence-corrected chi connectivity index (χ2v) is 8.81. The molecule has 1 N–H and O–H groups in total. The van der Waals surface area contributed by atoms with Crippen LogP contribution in [0.25, 0.3) is 0 Å². The van der Waals surface area contributed by atoms with E-state index >= 15 is 0 Å². The molecule has 130 valence electrons. The van der Waals surface area contributed by atoms with Gasteiger partial charge in [0.1, 0.15) is 9.84 Å². The molecule has 1 saturated heterocycles. The third kappa shape index (κ3) is 5.47. The standard InChI is InChI=1S/C15H26N4O3S/c1-23(20,21)12-15(13-2-3-13)17-14-10-16-19(11-14)5-4-18-6-8-22-9-7-18/h10-11,13,15,17H,2-9,12H2,1H3. The first-order valence-corrected chi connectivity index (χ1v) is 10.3. The lowest BCUT2D eigenvalue weighted by atomic mass is 10.2. The SMILES string of the molecule is CS(=O)(=O)CC(Nc1cnn(CCN2CCOCC2)c1)C1CC1. The summed E-state index contributed by atoms with van der Waals surface area (Å²) in [5, 5.41) is 7.74. The number of nitrogens with one attached hydrogen (secondary N) is 1. The van der Waals surface area contributed by atoms with Crippen molar-refractivity contribution in [3.8, 4) is 0 Å². The second-order valence-electron chi connectivity index (χ2n) is 6.63. The van der Waals surface area contributed by atoms with E-state index in [9.17, 15) is 8.42 Å². The van der Waals surface area contributed by atoms with Gasteiger partial charge in [-0.1, -0.05) is 0 Å². The molecule has 7 nitrogen and oxygen atoms in total. The molecule has 1 aromatic heterocycles. The summed E-state index contributed by atoms with van der Waals surface area (Å²) in [7, 11) is -2.97. The Morgan fingerprint density at radius 1 is 1.35 bits per heavy atom. The van der Waals surface area contributed by atoms with Crippen LogP contribution in [0.5, 0.6) is 0 Å². The summed E-state index contributed by atoms with van der Waals surface area (Å²) in [5.74, 6) is 0.665. The lowest BCUT2D eigenvalue weighted by molar-refractivity contribution is 0.0360. The molecule has 0 spiro atoms. The van der Waals surface area contributed by atoms with Crippen LogP contribution in [-0.4, -0.2) is 74.0 Å². The molecule has 2 heterocycles. The fourth-order valence-electron chi connectivity index (χ4n) is 2.96. The van der Waals surface area contributed by atoms with Crippen LogP contribution in [0.3, 0.4) is 0 Å². The smallest absolute Gasteiger partial charge is 0.149 e. The lowest BCUT2D eigenvalue weighted by Crippen LogP contribution is -2.38. The van der Waals surface area contributed by atoms with E-state index in [1.54, 1.807) is 6.20 Å². The van der Waals surface area contributed by atoms with Crippen LogP contribution < -0.4 is 5.32 Å². The van der Waals surface area contributed by atoms with E-state index in [-0.39, 0.29) is 11.8 Å². The first-order chi connectivity index (χ1) is 11.0. The molecule has 1 aliphatic heterocycles. The Labute approximate surface area is 137 Å². The average molecular weight is 342 g/mol. The number of anilines is 1. The number of morpholine rings is 1. The fraction of sp³-hybridized carbons (Fsp3) is 0.800. The maximum Gasteiger partial charge on any atom is 0.149 e. The predicted octanol–water partition coefficient (Wildman–Crippen LogP) is 0.450. The van der Waals surface area contributed by atoms with Crippen molar-refractivity contribution in [2.24, 2.45) is 5.92 Å². The van der Waals surface area contributed by atoms with E-state index in [0.29, 0.717) is 5.92 Å². The van der Waals surface area contributed by atoms with Gasteiger partial charge in [-0.3, -0.25) is 9.58 Å². The molecule has 23 heavy (non-hydrogen) atoms. The molecule has 1 aliphatic carbocycles. The molecule has 1 aromatic rings. The summed E-state index contributed by atoms with van der Waals surface area (Å²) in [6, 6.07) is 0.00175. The van der Waals surface area contributed by atoms with Crippen LogP contribution in [0.1, 0.15) is 12.8 Å². The molecule has 0 aromatic carbocycles. The maximum absolute atomic E-state index is 11.6. The Morgan fingerprint density at radius 2 is 2.09 bits per heavy atom. The molecule has 1 unspecified atom stereocenters. The van der Waals surface area contributed by atoms with E-state index in [1.807, 2.05) is 10.9 Å². The van der Waals surface area contributed by atoms with Crippen LogP contribution in [0.15, 0.2) is 12.4 Å². The summed E-state index contributed by atoms with van der Waals surface area (Å²) in [6.07, 6.45) is 7.28. The highest BCUT2D eigenvalue weighted by Crippen LogP contribution is 2.34. The van der Waals surface area contributed by atoms with Crippen molar-refractivity contribution in [1.82, 2.24) is 14.7 Å². The number of ether oxygens (including phenoxy) is 1. The molecule has 1 atom stereocenters. The van der Waals surface area contributed by atoms with Crippen molar-refractivity contribution in [2.75, 3.05) is 50.2 Å². The van der Waals surface area contributed by atoms with Crippen molar-refractivity contribution in [3.63, 3.8) is 0 Å². The molecule has 3 rings (SSSR count). The second kappa shape index (κ2) is 7.19. The van der Waals surface area contributed by atoms with Gasteiger partial charge in [-0.25, -0.2) is 8.42 Å². The highest BCUT2D eigenvalue weighted by atomic mass is 32.2.